The van der Waals surface area contributed by atoms with Crippen molar-refractivity contribution in [3.05, 3.63) is 151 Å². The number of benzene rings is 6. The number of hydrogen-bond acceptors (Lipinski definition) is 4. The number of nitrogens with zero attached hydrogens (tertiary/aromatic N) is 5. The standard InChI is InChI=1S/C45H29N5O/c1-26-9-7-10-27(2)42(26)34-12-8-11-33-31-20-18-29(24-36(31)45-48-38-14-4-6-16-40(38)50(45)43(33)34)51-28-17-19-30-32-21-22-46-25-41(32)49-39-15-5-3-13-37(39)47-44(49)35(30)23-28/h3-25H,1-2H3. The monoisotopic (exact) mass is 655 g/mol. The number of hydrogen-bond donors (Lipinski definition) is 0. The van der Waals surface area contributed by atoms with Gasteiger partial charge in [0.25, 0.3) is 0 Å². The summed E-state index contributed by atoms with van der Waals surface area (Å²) in [4.78, 5) is 14.8. The lowest BCUT2D eigenvalue weighted by Crippen LogP contribution is -1.97. The van der Waals surface area contributed by atoms with E-state index in [1.165, 1.54) is 27.6 Å². The van der Waals surface area contributed by atoms with E-state index in [9.17, 15) is 0 Å². The van der Waals surface area contributed by atoms with Gasteiger partial charge >= 0.3 is 0 Å². The first kappa shape index (κ1) is 28.1. The van der Waals surface area contributed by atoms with Crippen LogP contribution in [0.5, 0.6) is 11.5 Å². The molecule has 6 aromatic carbocycles. The molecule has 0 radical (unpaired) electrons. The van der Waals surface area contributed by atoms with Gasteiger partial charge in [-0.15, -0.1) is 0 Å². The minimum Gasteiger partial charge on any atom is -0.457 e. The van der Waals surface area contributed by atoms with Crippen molar-refractivity contribution in [2.24, 2.45) is 0 Å². The van der Waals surface area contributed by atoms with Crippen LogP contribution in [0.3, 0.4) is 0 Å². The van der Waals surface area contributed by atoms with Gasteiger partial charge in [-0.05, 0) is 108 Å². The molecule has 0 aliphatic heterocycles. The molecule has 0 bridgehead atoms. The summed E-state index contributed by atoms with van der Waals surface area (Å²) in [7, 11) is 0. The normalized spacial score (nSPS) is 12.1. The largest absolute Gasteiger partial charge is 0.457 e. The first-order valence-corrected chi connectivity index (χ1v) is 17.2. The number of pyridine rings is 3. The highest BCUT2D eigenvalue weighted by Gasteiger charge is 2.20. The average Bonchev–Trinajstić information content (AvgIpc) is 3.75. The van der Waals surface area contributed by atoms with Gasteiger partial charge in [-0.1, -0.05) is 60.7 Å². The van der Waals surface area contributed by atoms with E-state index in [1.54, 1.807) is 0 Å². The van der Waals surface area contributed by atoms with Crippen LogP contribution in [0.25, 0.3) is 87.8 Å². The Kier molecular flexibility index (Phi) is 5.71. The van der Waals surface area contributed by atoms with Gasteiger partial charge in [0, 0.05) is 33.3 Å². The smallest absolute Gasteiger partial charge is 0.146 e. The van der Waals surface area contributed by atoms with Crippen LogP contribution in [-0.4, -0.2) is 23.8 Å². The van der Waals surface area contributed by atoms with Crippen LogP contribution in [0.15, 0.2) is 140 Å². The van der Waals surface area contributed by atoms with Crippen LogP contribution in [0.1, 0.15) is 11.1 Å². The summed E-state index contributed by atoms with van der Waals surface area (Å²) in [6.45, 7) is 4.39. The molecule has 0 unspecified atom stereocenters. The van der Waals surface area contributed by atoms with E-state index in [-0.39, 0.29) is 0 Å². The summed E-state index contributed by atoms with van der Waals surface area (Å²) in [6.07, 6.45) is 3.77. The van der Waals surface area contributed by atoms with Crippen molar-refractivity contribution in [3.63, 3.8) is 0 Å². The third kappa shape index (κ3) is 3.96. The lowest BCUT2D eigenvalue weighted by atomic mass is 9.92. The molecule has 11 aromatic rings. The Morgan fingerprint density at radius 2 is 1.10 bits per heavy atom. The Morgan fingerprint density at radius 3 is 1.80 bits per heavy atom. The van der Waals surface area contributed by atoms with Crippen molar-refractivity contribution in [3.8, 4) is 22.6 Å². The van der Waals surface area contributed by atoms with E-state index in [2.05, 4.69) is 143 Å². The fraction of sp³-hybridized carbons (Fsp3) is 0.0444. The summed E-state index contributed by atoms with van der Waals surface area (Å²) < 4.78 is 11.2. The molecule has 11 rings (SSSR count). The molecule has 0 amide bonds. The van der Waals surface area contributed by atoms with Gasteiger partial charge in [-0.25, -0.2) is 9.97 Å². The minimum atomic E-state index is 0.742. The van der Waals surface area contributed by atoms with Crippen molar-refractivity contribution in [1.29, 1.82) is 0 Å². The molecule has 0 fully saturated rings. The highest BCUT2D eigenvalue weighted by molar-refractivity contribution is 6.18. The van der Waals surface area contributed by atoms with Gasteiger partial charge in [0.1, 0.15) is 22.8 Å². The first-order valence-electron chi connectivity index (χ1n) is 17.2. The molecule has 51 heavy (non-hydrogen) atoms. The number of para-hydroxylation sites is 5. The van der Waals surface area contributed by atoms with Crippen LogP contribution in [0.2, 0.25) is 0 Å². The fourth-order valence-electron chi connectivity index (χ4n) is 8.27. The molecule has 0 atom stereocenters. The van der Waals surface area contributed by atoms with Gasteiger partial charge in [0.2, 0.25) is 0 Å². The zero-order chi connectivity index (χ0) is 33.8. The van der Waals surface area contributed by atoms with E-state index < -0.39 is 0 Å². The Morgan fingerprint density at radius 1 is 0.490 bits per heavy atom. The van der Waals surface area contributed by atoms with E-state index in [1.807, 2.05) is 24.5 Å². The first-order chi connectivity index (χ1) is 25.1. The third-order valence-corrected chi connectivity index (χ3v) is 10.5. The topological polar surface area (TPSA) is 56.7 Å². The second-order valence-corrected chi connectivity index (χ2v) is 13.4. The summed E-state index contributed by atoms with van der Waals surface area (Å²) in [5.74, 6) is 1.49. The highest BCUT2D eigenvalue weighted by atomic mass is 16.5. The van der Waals surface area contributed by atoms with Crippen LogP contribution < -0.4 is 4.74 Å². The maximum atomic E-state index is 6.70. The predicted molar refractivity (Wildman–Crippen MR) is 208 cm³/mol. The fourth-order valence-corrected chi connectivity index (χ4v) is 8.27. The van der Waals surface area contributed by atoms with E-state index in [0.717, 1.165) is 82.8 Å². The maximum Gasteiger partial charge on any atom is 0.146 e. The van der Waals surface area contributed by atoms with E-state index in [0.29, 0.717) is 0 Å². The number of aryl methyl sites for hydroxylation is 2. The quantitative estimate of drug-likeness (QED) is 0.178. The molecule has 5 aromatic heterocycles. The van der Waals surface area contributed by atoms with Crippen LogP contribution in [0, 0.1) is 13.8 Å². The zero-order valence-corrected chi connectivity index (χ0v) is 27.9. The summed E-state index contributed by atoms with van der Waals surface area (Å²) in [6, 6.07) is 44.6. The number of fused-ring (bicyclic) bond motifs is 16. The lowest BCUT2D eigenvalue weighted by Gasteiger charge is -2.17. The number of ether oxygens (including phenoxy) is 1. The number of imidazole rings is 2. The molecule has 0 saturated carbocycles. The Balaban J connectivity index is 1.14. The maximum absolute atomic E-state index is 6.70. The SMILES string of the molecule is Cc1cccc(C)c1-c1cccc2c3ccc(Oc4ccc5c6ccncc6n6c7ccccc7nc6c5c4)cc3c3nc4ccccc4n3c12. The zero-order valence-electron chi connectivity index (χ0n) is 27.9. The molecule has 0 aliphatic carbocycles. The van der Waals surface area contributed by atoms with Crippen LogP contribution >= 0.6 is 0 Å². The Bertz CT molecular complexity index is 3240. The molecule has 0 N–H and O–H groups in total. The lowest BCUT2D eigenvalue weighted by molar-refractivity contribution is 0.484. The number of rotatable bonds is 3. The van der Waals surface area contributed by atoms with Crippen molar-refractivity contribution < 1.29 is 4.74 Å². The second kappa shape index (κ2) is 10.4. The van der Waals surface area contributed by atoms with E-state index >= 15 is 0 Å². The molecule has 0 aliphatic rings. The van der Waals surface area contributed by atoms with Gasteiger partial charge < -0.3 is 4.74 Å². The average molecular weight is 656 g/mol. The van der Waals surface area contributed by atoms with E-state index in [4.69, 9.17) is 14.7 Å². The molecule has 6 heteroatoms. The molecule has 0 spiro atoms. The van der Waals surface area contributed by atoms with Crippen molar-refractivity contribution >= 4 is 76.7 Å². The Labute approximate surface area is 291 Å². The number of aromatic nitrogens is 5. The summed E-state index contributed by atoms with van der Waals surface area (Å²) in [5.41, 5.74) is 13.0. The van der Waals surface area contributed by atoms with Gasteiger partial charge in [0.05, 0.1) is 39.3 Å². The molecule has 5 heterocycles. The molecule has 0 saturated heterocycles. The van der Waals surface area contributed by atoms with Crippen LogP contribution in [0.4, 0.5) is 0 Å². The minimum absolute atomic E-state index is 0.742. The molecule has 6 nitrogen and oxygen atoms in total. The highest BCUT2D eigenvalue weighted by Crippen LogP contribution is 2.41. The molecular formula is C45H29N5O. The van der Waals surface area contributed by atoms with Crippen molar-refractivity contribution in [1.82, 2.24) is 23.8 Å². The summed E-state index contributed by atoms with van der Waals surface area (Å²) in [5, 5.41) is 6.60. The van der Waals surface area contributed by atoms with Gasteiger partial charge in [0.15, 0.2) is 0 Å². The van der Waals surface area contributed by atoms with Gasteiger partial charge in [-0.3, -0.25) is 13.8 Å². The molecule has 240 valence electrons. The predicted octanol–water partition coefficient (Wildman–Crippen LogP) is 11.4. The van der Waals surface area contributed by atoms with Crippen molar-refractivity contribution in [2.45, 2.75) is 13.8 Å². The second-order valence-electron chi connectivity index (χ2n) is 13.4. The van der Waals surface area contributed by atoms with Crippen LogP contribution in [-0.2, 0) is 0 Å². The molecular weight excluding hydrogens is 627 g/mol. The van der Waals surface area contributed by atoms with Gasteiger partial charge in [-0.2, -0.15) is 0 Å². The third-order valence-electron chi connectivity index (χ3n) is 10.5. The Hall–Kier alpha value is -6.79. The van der Waals surface area contributed by atoms with Crippen molar-refractivity contribution in [2.75, 3.05) is 0 Å². The summed E-state index contributed by atoms with van der Waals surface area (Å²) >= 11 is 0.